The number of nitrogens with one attached hydrogen (secondary N) is 1. The van der Waals surface area contributed by atoms with Gasteiger partial charge in [0.25, 0.3) is 0 Å². The van der Waals surface area contributed by atoms with E-state index in [9.17, 15) is 28.0 Å². The molecule has 4 atom stereocenters. The van der Waals surface area contributed by atoms with Crippen molar-refractivity contribution in [1.82, 2.24) is 29.0 Å². The largest absolute Gasteiger partial charge is 0.390 e. The molecule has 1 saturated carbocycles. The van der Waals surface area contributed by atoms with Gasteiger partial charge in [-0.3, -0.25) is 4.79 Å². The molecule has 55 heavy (non-hydrogen) atoms. The molecule has 3 amide bonds. The zero-order valence-corrected chi connectivity index (χ0v) is 32.8. The fraction of sp³-hybridized carbons (Fsp3) is 0.488. The monoisotopic (exact) mass is 771 g/mol. The number of urea groups is 1. The number of carbonyl (C=O) groups excluding carboxylic acids is 2. The van der Waals surface area contributed by atoms with Crippen molar-refractivity contribution in [1.29, 1.82) is 0 Å². The predicted octanol–water partition coefficient (Wildman–Crippen LogP) is 5.46. The van der Waals surface area contributed by atoms with Gasteiger partial charge in [0.15, 0.2) is 0 Å². The van der Waals surface area contributed by atoms with Gasteiger partial charge in [-0.05, 0) is 66.5 Å². The molecule has 2 aliphatic rings. The molecule has 1 aliphatic heterocycles. The van der Waals surface area contributed by atoms with Crippen molar-refractivity contribution in [2.24, 2.45) is 24.1 Å². The number of para-hydroxylation sites is 2. The number of hydrogen-bond donors (Lipinski definition) is 2. The average Bonchev–Trinajstić information content (AvgIpc) is 3.91. The van der Waals surface area contributed by atoms with E-state index in [1.807, 2.05) is 80.1 Å². The van der Waals surface area contributed by atoms with Crippen LogP contribution in [0.5, 0.6) is 0 Å². The summed E-state index contributed by atoms with van der Waals surface area (Å²) in [5, 5.41) is 18.0. The zero-order valence-electron chi connectivity index (χ0n) is 32.0. The highest BCUT2D eigenvalue weighted by molar-refractivity contribution is 7.89. The second-order valence-electron chi connectivity index (χ2n) is 15.1. The quantitative estimate of drug-likeness (QED) is 0.127. The number of fused-ring (bicyclic) bond motifs is 1. The van der Waals surface area contributed by atoms with E-state index in [2.05, 4.69) is 10.5 Å². The van der Waals surface area contributed by atoms with Crippen molar-refractivity contribution in [3.63, 3.8) is 0 Å². The van der Waals surface area contributed by atoms with Crippen LogP contribution < -0.4 is 5.32 Å². The lowest BCUT2D eigenvalue weighted by molar-refractivity contribution is -0.128. The summed E-state index contributed by atoms with van der Waals surface area (Å²) in [6, 6.07) is 21.4. The first-order valence-corrected chi connectivity index (χ1v) is 20.8. The van der Waals surface area contributed by atoms with Gasteiger partial charge in [-0.1, -0.05) is 92.9 Å². The third-order valence-corrected chi connectivity index (χ3v) is 13.2. The number of aromatic nitrogens is 2. The SMILES string of the molecule is CC[C@H](C)[C@@H](C(=O)N[C@@H](Cc1ccccc1)[C@H](O)CN(CC1CCCC1)S(=O)(=O)c1ccc(CN=O)cc1)N1CCN(Cc2nc3ccccc3n2C)C1=O. The van der Waals surface area contributed by atoms with Crippen LogP contribution in [0.15, 0.2) is 88.9 Å². The number of benzene rings is 3. The maximum absolute atomic E-state index is 14.5. The highest BCUT2D eigenvalue weighted by atomic mass is 32.2. The fourth-order valence-electron chi connectivity index (χ4n) is 7.94. The molecule has 4 aromatic rings. The Labute approximate surface area is 323 Å². The molecule has 14 heteroatoms. The molecule has 0 spiro atoms. The van der Waals surface area contributed by atoms with Crippen molar-refractivity contribution in [2.75, 3.05) is 26.2 Å². The first-order valence-electron chi connectivity index (χ1n) is 19.4. The van der Waals surface area contributed by atoms with Crippen molar-refractivity contribution < 1.29 is 23.1 Å². The van der Waals surface area contributed by atoms with Crippen LogP contribution in [-0.2, 0) is 41.4 Å². The Hall–Kier alpha value is -4.66. The normalized spacial score (nSPS) is 17.5. The highest BCUT2D eigenvalue weighted by Gasteiger charge is 2.41. The zero-order chi connectivity index (χ0) is 39.1. The van der Waals surface area contributed by atoms with Gasteiger partial charge in [0.1, 0.15) is 18.4 Å². The Kier molecular flexibility index (Phi) is 13.0. The molecule has 0 bridgehead atoms. The first-order chi connectivity index (χ1) is 26.5. The van der Waals surface area contributed by atoms with Crippen LogP contribution in [0.1, 0.15) is 62.9 Å². The summed E-state index contributed by atoms with van der Waals surface area (Å²) in [7, 11) is -2.13. The number of imidazole rings is 1. The molecule has 2 fully saturated rings. The molecular formula is C41H53N7O6S. The lowest BCUT2D eigenvalue weighted by Crippen LogP contribution is -2.57. The van der Waals surface area contributed by atoms with Gasteiger partial charge in [-0.15, -0.1) is 0 Å². The molecule has 1 aromatic heterocycles. The lowest BCUT2D eigenvalue weighted by atomic mass is 9.95. The molecule has 3 aromatic carbocycles. The Morgan fingerprint density at radius 3 is 2.36 bits per heavy atom. The number of sulfonamides is 1. The van der Waals surface area contributed by atoms with Gasteiger partial charge in [0.2, 0.25) is 15.9 Å². The summed E-state index contributed by atoms with van der Waals surface area (Å²) < 4.78 is 31.7. The molecule has 294 valence electrons. The molecular weight excluding hydrogens is 719 g/mol. The Balaban J connectivity index is 1.24. The predicted molar refractivity (Wildman–Crippen MR) is 211 cm³/mol. The molecule has 0 unspecified atom stereocenters. The van der Waals surface area contributed by atoms with E-state index in [4.69, 9.17) is 4.98 Å². The summed E-state index contributed by atoms with van der Waals surface area (Å²) in [6.45, 7) is 4.94. The van der Waals surface area contributed by atoms with E-state index in [0.717, 1.165) is 48.1 Å². The van der Waals surface area contributed by atoms with Crippen LogP contribution >= 0.6 is 0 Å². The molecule has 2 heterocycles. The molecule has 1 aliphatic carbocycles. The molecule has 1 saturated heterocycles. The van der Waals surface area contributed by atoms with Gasteiger partial charge >= 0.3 is 6.03 Å². The molecule has 0 radical (unpaired) electrons. The second kappa shape index (κ2) is 17.9. The molecule has 13 nitrogen and oxygen atoms in total. The number of aliphatic hydroxyl groups excluding tert-OH is 1. The third kappa shape index (κ3) is 9.25. The van der Waals surface area contributed by atoms with E-state index in [1.165, 1.54) is 16.4 Å². The molecule has 6 rings (SSSR count). The Bertz CT molecular complexity index is 2030. The van der Waals surface area contributed by atoms with Crippen LogP contribution in [-0.4, -0.2) is 93.5 Å². The minimum absolute atomic E-state index is 0.0589. The van der Waals surface area contributed by atoms with Crippen LogP contribution in [0.25, 0.3) is 11.0 Å². The van der Waals surface area contributed by atoms with Crippen LogP contribution in [0.4, 0.5) is 4.79 Å². The summed E-state index contributed by atoms with van der Waals surface area (Å²) >= 11 is 0. The number of nitroso groups, excluding NO2 is 1. The summed E-state index contributed by atoms with van der Waals surface area (Å²) in [5.41, 5.74) is 3.29. The number of amides is 3. The standard InChI is InChI=1S/C41H53N7O6S/c1-4-29(2)39(48-23-22-46(41(48)51)28-38-43-34-16-10-11-17-36(34)45(38)3)40(50)44-35(24-30-12-6-5-7-13-30)37(49)27-47(26-32-14-8-9-15-32)55(53,54)33-20-18-31(19-21-33)25-42-52/h5-7,10-13,16-21,29,32,35,37,39,49H,4,8-9,14-15,22-28H2,1-3H3,(H,44,50)/t29-,35-,37+,39-/m0/s1. The second-order valence-corrected chi connectivity index (χ2v) is 17.0. The maximum atomic E-state index is 14.5. The average molecular weight is 772 g/mol. The van der Waals surface area contributed by atoms with Gasteiger partial charge in [-0.2, -0.15) is 9.21 Å². The number of nitrogens with zero attached hydrogens (tertiary/aromatic N) is 6. The van der Waals surface area contributed by atoms with Gasteiger partial charge in [0.05, 0.1) is 34.6 Å². The van der Waals surface area contributed by atoms with E-state index in [-0.39, 0.29) is 48.8 Å². The van der Waals surface area contributed by atoms with E-state index in [0.29, 0.717) is 31.6 Å². The van der Waals surface area contributed by atoms with Crippen LogP contribution in [0, 0.1) is 16.7 Å². The number of carbonyl (C=O) groups is 2. The van der Waals surface area contributed by atoms with Crippen LogP contribution in [0.3, 0.4) is 0 Å². The van der Waals surface area contributed by atoms with Crippen molar-refractivity contribution in [3.05, 3.63) is 101 Å². The summed E-state index contributed by atoms with van der Waals surface area (Å²) in [5.74, 6) is 0.298. The Morgan fingerprint density at radius 1 is 1.00 bits per heavy atom. The van der Waals surface area contributed by atoms with Crippen LogP contribution in [0.2, 0.25) is 0 Å². The number of aryl methyl sites for hydroxylation is 1. The highest BCUT2D eigenvalue weighted by Crippen LogP contribution is 2.29. The van der Waals surface area contributed by atoms with Crippen molar-refractivity contribution in [2.45, 2.75) is 88.5 Å². The first kappa shape index (κ1) is 40.0. The third-order valence-electron chi connectivity index (χ3n) is 11.4. The van der Waals surface area contributed by atoms with E-state index < -0.39 is 34.1 Å². The minimum atomic E-state index is -4.06. The summed E-state index contributed by atoms with van der Waals surface area (Å²) in [6.07, 6.45) is 3.42. The van der Waals surface area contributed by atoms with Gasteiger partial charge < -0.3 is 24.8 Å². The fourth-order valence-corrected chi connectivity index (χ4v) is 9.48. The van der Waals surface area contributed by atoms with Crippen molar-refractivity contribution >= 4 is 33.0 Å². The maximum Gasteiger partial charge on any atom is 0.321 e. The van der Waals surface area contributed by atoms with Gasteiger partial charge in [0, 0.05) is 33.2 Å². The molecule has 2 N–H and O–H groups in total. The van der Waals surface area contributed by atoms with E-state index >= 15 is 0 Å². The Morgan fingerprint density at radius 2 is 1.69 bits per heavy atom. The topological polar surface area (TPSA) is 158 Å². The number of hydrogen-bond acceptors (Lipinski definition) is 8. The minimum Gasteiger partial charge on any atom is -0.390 e. The van der Waals surface area contributed by atoms with Crippen molar-refractivity contribution in [3.8, 4) is 0 Å². The van der Waals surface area contributed by atoms with Gasteiger partial charge in [-0.25, -0.2) is 18.2 Å². The lowest BCUT2D eigenvalue weighted by Gasteiger charge is -2.35. The number of rotatable bonds is 18. The smallest absolute Gasteiger partial charge is 0.321 e. The number of aliphatic hydroxyl groups is 1. The summed E-state index contributed by atoms with van der Waals surface area (Å²) in [4.78, 5) is 47.4. The van der Waals surface area contributed by atoms with E-state index in [1.54, 1.807) is 21.9 Å².